The lowest BCUT2D eigenvalue weighted by Crippen LogP contribution is -2.46. The van der Waals surface area contributed by atoms with E-state index in [0.29, 0.717) is 16.7 Å². The van der Waals surface area contributed by atoms with Crippen molar-refractivity contribution in [3.63, 3.8) is 0 Å². The Balaban J connectivity index is 1.66. The number of hydrogen-bond acceptors (Lipinski definition) is 4. The van der Waals surface area contributed by atoms with Gasteiger partial charge < -0.3 is 9.84 Å². The molecule has 4 aromatic rings. The monoisotopic (exact) mass is 442 g/mol. The maximum Gasteiger partial charge on any atom is 0.326 e. The van der Waals surface area contributed by atoms with Gasteiger partial charge in [0.1, 0.15) is 0 Å². The number of carbonyl (C=O) groups is 1. The Hall–Kier alpha value is -3.90. The maximum absolute atomic E-state index is 13.1. The molecule has 0 bridgehead atoms. The van der Waals surface area contributed by atoms with Gasteiger partial charge >= 0.3 is 6.03 Å². The van der Waals surface area contributed by atoms with Crippen LogP contribution in [0.4, 0.5) is 10.5 Å². The number of benzene rings is 3. The molecule has 5 rings (SSSR count). The van der Waals surface area contributed by atoms with Gasteiger partial charge in [0, 0.05) is 16.3 Å². The number of anilines is 1. The lowest BCUT2D eigenvalue weighted by atomic mass is 9.94. The highest BCUT2D eigenvalue weighted by atomic mass is 35.5. The molecule has 1 atom stereocenters. The molecule has 158 valence electrons. The first-order valence-corrected chi connectivity index (χ1v) is 10.5. The summed E-state index contributed by atoms with van der Waals surface area (Å²) >= 11 is 6.13. The van der Waals surface area contributed by atoms with E-state index < -0.39 is 6.04 Å². The van der Waals surface area contributed by atoms with Crippen molar-refractivity contribution in [3.05, 3.63) is 107 Å². The van der Waals surface area contributed by atoms with E-state index in [1.807, 2.05) is 79.7 Å². The van der Waals surface area contributed by atoms with Crippen LogP contribution in [0.25, 0.3) is 17.0 Å². The van der Waals surface area contributed by atoms with Crippen molar-refractivity contribution < 1.29 is 9.32 Å². The predicted octanol–water partition coefficient (Wildman–Crippen LogP) is 6.09. The van der Waals surface area contributed by atoms with Crippen LogP contribution in [0.2, 0.25) is 5.02 Å². The molecule has 0 saturated heterocycles. The molecule has 0 saturated carbocycles. The number of urea groups is 1. The fourth-order valence-corrected chi connectivity index (χ4v) is 4.07. The van der Waals surface area contributed by atoms with Gasteiger partial charge in [0.05, 0.1) is 17.3 Å². The second-order valence-electron chi connectivity index (χ2n) is 7.40. The van der Waals surface area contributed by atoms with Crippen LogP contribution < -0.4 is 10.2 Å². The average Bonchev–Trinajstić information content (AvgIpc) is 3.30. The quantitative estimate of drug-likeness (QED) is 0.415. The number of carbonyl (C=O) groups excluding carboxylic acids is 1. The Labute approximate surface area is 190 Å². The van der Waals surface area contributed by atoms with Gasteiger partial charge in [-0.3, -0.25) is 4.90 Å². The highest BCUT2D eigenvalue weighted by Crippen LogP contribution is 2.39. The first-order valence-electron chi connectivity index (χ1n) is 10.1. The highest BCUT2D eigenvalue weighted by molar-refractivity contribution is 6.30. The first-order chi connectivity index (χ1) is 15.6. The number of rotatable bonds is 4. The van der Waals surface area contributed by atoms with Crippen LogP contribution in [0.15, 0.2) is 95.1 Å². The van der Waals surface area contributed by atoms with E-state index in [1.54, 1.807) is 17.0 Å². The zero-order valence-electron chi connectivity index (χ0n) is 17.2. The number of allylic oxidation sites excluding steroid dienone is 1. The Bertz CT molecular complexity index is 1300. The number of halogens is 1. The minimum atomic E-state index is -0.434. The second-order valence-corrected chi connectivity index (χ2v) is 7.83. The first kappa shape index (κ1) is 20.0. The summed E-state index contributed by atoms with van der Waals surface area (Å²) in [6, 6.07) is 25.8. The molecule has 0 fully saturated rings. The number of amides is 2. The molecular weight excluding hydrogens is 424 g/mol. The van der Waals surface area contributed by atoms with Crippen LogP contribution in [0.1, 0.15) is 24.4 Å². The van der Waals surface area contributed by atoms with Crippen LogP contribution in [0.3, 0.4) is 0 Å². The fourth-order valence-electron chi connectivity index (χ4n) is 3.88. The summed E-state index contributed by atoms with van der Waals surface area (Å²) in [5.41, 5.74) is 3.88. The Morgan fingerprint density at radius 3 is 2.41 bits per heavy atom. The number of nitrogens with zero attached hydrogens (tertiary/aromatic N) is 3. The van der Waals surface area contributed by atoms with Gasteiger partial charge in [0.15, 0.2) is 0 Å². The van der Waals surface area contributed by atoms with E-state index in [1.165, 1.54) is 0 Å². The standard InChI is InChI=1S/C25H19ClN4O2/c1-16-21(24-28-23(29-32-24)18-11-8-12-19(26)15-18)22(17-9-4-2-5-10-17)27-25(31)30(16)20-13-6-3-7-14-20/h2-15,22H,1H3,(H,27,31). The smallest absolute Gasteiger partial charge is 0.326 e. The van der Waals surface area contributed by atoms with Crippen LogP contribution in [-0.2, 0) is 0 Å². The van der Waals surface area contributed by atoms with Crippen molar-refractivity contribution in [2.75, 3.05) is 4.90 Å². The van der Waals surface area contributed by atoms with E-state index in [-0.39, 0.29) is 6.03 Å². The maximum atomic E-state index is 13.1. The predicted molar refractivity (Wildman–Crippen MR) is 124 cm³/mol. The van der Waals surface area contributed by atoms with Gasteiger partial charge in [-0.25, -0.2) is 4.79 Å². The molecule has 0 spiro atoms. The summed E-state index contributed by atoms with van der Waals surface area (Å²) in [5.74, 6) is 0.769. The lowest BCUT2D eigenvalue weighted by molar-refractivity contribution is 0.244. The highest BCUT2D eigenvalue weighted by Gasteiger charge is 2.36. The van der Waals surface area contributed by atoms with Crippen LogP contribution >= 0.6 is 11.6 Å². The molecule has 2 amide bonds. The van der Waals surface area contributed by atoms with E-state index in [2.05, 4.69) is 15.5 Å². The molecular formula is C25H19ClN4O2. The topological polar surface area (TPSA) is 71.3 Å². The van der Waals surface area contributed by atoms with Crippen molar-refractivity contribution in [2.45, 2.75) is 13.0 Å². The summed E-state index contributed by atoms with van der Waals surface area (Å²) in [6.45, 7) is 1.89. The van der Waals surface area contributed by atoms with E-state index in [0.717, 1.165) is 28.1 Å². The van der Waals surface area contributed by atoms with Crippen LogP contribution in [0, 0.1) is 0 Å². The molecule has 1 N–H and O–H groups in total. The summed E-state index contributed by atoms with van der Waals surface area (Å²) in [6.07, 6.45) is 0. The summed E-state index contributed by atoms with van der Waals surface area (Å²) in [5, 5.41) is 7.86. The average molecular weight is 443 g/mol. The third kappa shape index (κ3) is 3.65. The number of para-hydroxylation sites is 1. The lowest BCUT2D eigenvalue weighted by Gasteiger charge is -2.35. The van der Waals surface area contributed by atoms with Crippen molar-refractivity contribution in [3.8, 4) is 11.4 Å². The molecule has 2 heterocycles. The van der Waals surface area contributed by atoms with Gasteiger partial charge in [0.2, 0.25) is 5.82 Å². The zero-order chi connectivity index (χ0) is 22.1. The van der Waals surface area contributed by atoms with Crippen LogP contribution in [0.5, 0.6) is 0 Å². The minimum Gasteiger partial charge on any atom is -0.334 e. The van der Waals surface area contributed by atoms with Crippen molar-refractivity contribution in [1.82, 2.24) is 15.5 Å². The van der Waals surface area contributed by atoms with Crippen molar-refractivity contribution in [2.24, 2.45) is 0 Å². The fraction of sp³-hybridized carbons (Fsp3) is 0.0800. The van der Waals surface area contributed by atoms with Gasteiger partial charge in [-0.05, 0) is 36.8 Å². The molecule has 1 unspecified atom stereocenters. The van der Waals surface area contributed by atoms with Crippen molar-refractivity contribution >= 4 is 28.9 Å². The minimum absolute atomic E-state index is 0.221. The molecule has 7 heteroatoms. The molecule has 1 aliphatic rings. The molecule has 0 radical (unpaired) electrons. The summed E-state index contributed by atoms with van der Waals surface area (Å²) in [7, 11) is 0. The third-order valence-electron chi connectivity index (χ3n) is 5.37. The van der Waals surface area contributed by atoms with Gasteiger partial charge in [-0.1, -0.05) is 77.4 Å². The number of aromatic nitrogens is 2. The SMILES string of the molecule is CC1=C(c2nc(-c3cccc(Cl)c3)no2)C(c2ccccc2)NC(=O)N1c1ccccc1. The van der Waals surface area contributed by atoms with Gasteiger partial charge in [-0.2, -0.15) is 4.98 Å². The van der Waals surface area contributed by atoms with E-state index in [4.69, 9.17) is 16.1 Å². The Kier molecular flexibility index (Phi) is 5.21. The molecule has 0 aliphatic carbocycles. The van der Waals surface area contributed by atoms with E-state index >= 15 is 0 Å². The van der Waals surface area contributed by atoms with Gasteiger partial charge in [0.25, 0.3) is 5.89 Å². The third-order valence-corrected chi connectivity index (χ3v) is 5.61. The molecule has 1 aromatic heterocycles. The molecule has 6 nitrogen and oxygen atoms in total. The van der Waals surface area contributed by atoms with Crippen molar-refractivity contribution in [1.29, 1.82) is 0 Å². The second kappa shape index (κ2) is 8.32. The van der Waals surface area contributed by atoms with Crippen LogP contribution in [-0.4, -0.2) is 16.2 Å². The summed E-state index contributed by atoms with van der Waals surface area (Å²) in [4.78, 5) is 19.4. The van der Waals surface area contributed by atoms with E-state index in [9.17, 15) is 4.79 Å². The zero-order valence-corrected chi connectivity index (χ0v) is 18.0. The molecule has 32 heavy (non-hydrogen) atoms. The number of hydrogen-bond donors (Lipinski definition) is 1. The number of nitrogens with one attached hydrogen (secondary N) is 1. The normalized spacial score (nSPS) is 16.2. The molecule has 1 aliphatic heterocycles. The Morgan fingerprint density at radius 1 is 0.969 bits per heavy atom. The Morgan fingerprint density at radius 2 is 1.69 bits per heavy atom. The largest absolute Gasteiger partial charge is 0.334 e. The van der Waals surface area contributed by atoms with Gasteiger partial charge in [-0.15, -0.1) is 0 Å². The molecule has 3 aromatic carbocycles. The summed E-state index contributed by atoms with van der Waals surface area (Å²) < 4.78 is 5.70.